The average Bonchev–Trinajstić information content (AvgIpc) is 2.74. The third-order valence-corrected chi connectivity index (χ3v) is 2.37. The molecule has 0 aromatic carbocycles. The number of nitrogens with one attached hydrogen (secondary N) is 1. The molecule has 1 atom stereocenters. The number of aryl methyl sites for hydroxylation is 1. The highest BCUT2D eigenvalue weighted by atomic mass is 16.5. The zero-order valence-corrected chi connectivity index (χ0v) is 9.95. The maximum absolute atomic E-state index is 11.9. The first-order valence-corrected chi connectivity index (χ1v) is 5.36. The van der Waals surface area contributed by atoms with Crippen molar-refractivity contribution in [3.63, 3.8) is 0 Å². The molecular formula is C11H12N4O3. The van der Waals surface area contributed by atoms with Crippen molar-refractivity contribution < 1.29 is 9.32 Å². The number of aromatic nitrogens is 3. The van der Waals surface area contributed by atoms with Gasteiger partial charge in [-0.15, -0.1) is 0 Å². The number of carbonyl (C=O) groups excluding carboxylic acids is 1. The first kappa shape index (κ1) is 12.0. The Morgan fingerprint density at radius 1 is 1.56 bits per heavy atom. The molecule has 1 N–H and O–H groups in total. The van der Waals surface area contributed by atoms with E-state index in [4.69, 9.17) is 4.52 Å². The van der Waals surface area contributed by atoms with Crippen molar-refractivity contribution in [1.82, 2.24) is 14.9 Å². The van der Waals surface area contributed by atoms with Crippen molar-refractivity contribution in [2.24, 2.45) is 0 Å². The van der Waals surface area contributed by atoms with Gasteiger partial charge in [-0.1, -0.05) is 5.16 Å². The van der Waals surface area contributed by atoms with E-state index >= 15 is 0 Å². The summed E-state index contributed by atoms with van der Waals surface area (Å²) in [5, 5.41) is 10.0. The van der Waals surface area contributed by atoms with Gasteiger partial charge in [-0.05, 0) is 19.9 Å². The van der Waals surface area contributed by atoms with Crippen LogP contribution in [0.4, 0.5) is 5.82 Å². The predicted molar refractivity (Wildman–Crippen MR) is 63.1 cm³/mol. The molecule has 2 aromatic rings. The van der Waals surface area contributed by atoms with Crippen LogP contribution in [0.1, 0.15) is 18.7 Å². The molecular weight excluding hydrogens is 236 g/mol. The molecule has 0 saturated carbocycles. The number of amides is 1. The molecule has 0 fully saturated rings. The van der Waals surface area contributed by atoms with Crippen LogP contribution in [0, 0.1) is 6.92 Å². The van der Waals surface area contributed by atoms with Crippen molar-refractivity contribution in [2.75, 3.05) is 5.32 Å². The molecule has 2 aromatic heterocycles. The Kier molecular flexibility index (Phi) is 3.22. The van der Waals surface area contributed by atoms with E-state index < -0.39 is 6.04 Å². The fourth-order valence-corrected chi connectivity index (χ4v) is 1.43. The number of nitrogens with zero attached hydrogens (tertiary/aromatic N) is 3. The van der Waals surface area contributed by atoms with Gasteiger partial charge in [0.25, 0.3) is 5.56 Å². The van der Waals surface area contributed by atoms with E-state index in [2.05, 4.69) is 15.6 Å². The Labute approximate surface area is 102 Å². The van der Waals surface area contributed by atoms with Gasteiger partial charge in [-0.25, -0.2) is 4.68 Å². The third-order valence-electron chi connectivity index (χ3n) is 2.37. The highest BCUT2D eigenvalue weighted by Gasteiger charge is 2.18. The van der Waals surface area contributed by atoms with Crippen molar-refractivity contribution in [3.05, 3.63) is 40.5 Å². The second-order valence-electron chi connectivity index (χ2n) is 3.79. The first-order chi connectivity index (χ1) is 8.58. The minimum absolute atomic E-state index is 0.313. The Hall–Kier alpha value is -2.44. The van der Waals surface area contributed by atoms with E-state index in [-0.39, 0.29) is 11.5 Å². The molecule has 1 unspecified atom stereocenters. The molecule has 94 valence electrons. The Morgan fingerprint density at radius 3 is 2.94 bits per heavy atom. The molecule has 7 heteroatoms. The van der Waals surface area contributed by atoms with E-state index in [1.54, 1.807) is 19.9 Å². The summed E-state index contributed by atoms with van der Waals surface area (Å²) < 4.78 is 5.93. The molecule has 18 heavy (non-hydrogen) atoms. The summed E-state index contributed by atoms with van der Waals surface area (Å²) in [6.07, 6.45) is 1.45. The first-order valence-electron chi connectivity index (χ1n) is 5.36. The molecule has 0 saturated heterocycles. The van der Waals surface area contributed by atoms with Gasteiger partial charge >= 0.3 is 0 Å². The molecule has 0 aliphatic heterocycles. The predicted octanol–water partition coefficient (Wildman–Crippen LogP) is 0.739. The topological polar surface area (TPSA) is 90.0 Å². The van der Waals surface area contributed by atoms with Gasteiger partial charge in [0.2, 0.25) is 5.91 Å². The van der Waals surface area contributed by atoms with Gasteiger partial charge in [0.05, 0.1) is 0 Å². The summed E-state index contributed by atoms with van der Waals surface area (Å²) >= 11 is 0. The summed E-state index contributed by atoms with van der Waals surface area (Å²) in [6.45, 7) is 3.30. The monoisotopic (exact) mass is 248 g/mol. The van der Waals surface area contributed by atoms with E-state index in [0.717, 1.165) is 4.68 Å². The van der Waals surface area contributed by atoms with E-state index in [1.165, 1.54) is 18.3 Å². The van der Waals surface area contributed by atoms with Crippen molar-refractivity contribution >= 4 is 11.7 Å². The van der Waals surface area contributed by atoms with Gasteiger partial charge in [-0.2, -0.15) is 5.10 Å². The van der Waals surface area contributed by atoms with Crippen LogP contribution < -0.4 is 10.9 Å². The SMILES string of the molecule is Cc1cc(NC(=O)C(C)n2ncccc2=O)no1. The molecule has 0 bridgehead atoms. The number of rotatable bonds is 3. The van der Waals surface area contributed by atoms with Crippen LogP contribution >= 0.6 is 0 Å². The van der Waals surface area contributed by atoms with Crippen molar-refractivity contribution in [3.8, 4) is 0 Å². The lowest BCUT2D eigenvalue weighted by Crippen LogP contribution is -2.32. The second kappa shape index (κ2) is 4.82. The Balaban J connectivity index is 2.15. The average molecular weight is 248 g/mol. The van der Waals surface area contributed by atoms with E-state index in [1.807, 2.05) is 0 Å². The second-order valence-corrected chi connectivity index (χ2v) is 3.79. The number of hydrogen-bond acceptors (Lipinski definition) is 5. The van der Waals surface area contributed by atoms with Gasteiger partial charge in [0.15, 0.2) is 5.82 Å². The Morgan fingerprint density at radius 2 is 2.33 bits per heavy atom. The minimum Gasteiger partial charge on any atom is -0.360 e. The minimum atomic E-state index is -0.726. The molecule has 7 nitrogen and oxygen atoms in total. The highest BCUT2D eigenvalue weighted by Crippen LogP contribution is 2.10. The third kappa shape index (κ3) is 2.45. The van der Waals surface area contributed by atoms with Crippen molar-refractivity contribution in [1.29, 1.82) is 0 Å². The normalized spacial score (nSPS) is 12.1. The van der Waals surface area contributed by atoms with Crippen molar-refractivity contribution in [2.45, 2.75) is 19.9 Å². The van der Waals surface area contributed by atoms with Gasteiger partial charge in [0, 0.05) is 18.3 Å². The van der Waals surface area contributed by atoms with Crippen LogP contribution in [0.15, 0.2) is 33.7 Å². The van der Waals surface area contributed by atoms with Crippen LogP contribution in [0.25, 0.3) is 0 Å². The quantitative estimate of drug-likeness (QED) is 0.865. The van der Waals surface area contributed by atoms with Gasteiger partial charge in [-0.3, -0.25) is 9.59 Å². The largest absolute Gasteiger partial charge is 0.360 e. The lowest BCUT2D eigenvalue weighted by Gasteiger charge is -2.11. The zero-order valence-electron chi connectivity index (χ0n) is 9.95. The smallest absolute Gasteiger partial charge is 0.267 e. The van der Waals surface area contributed by atoms with Crippen LogP contribution in [-0.4, -0.2) is 20.8 Å². The fraction of sp³-hybridized carbons (Fsp3) is 0.273. The number of hydrogen-bond donors (Lipinski definition) is 1. The summed E-state index contributed by atoms with van der Waals surface area (Å²) in [7, 11) is 0. The zero-order chi connectivity index (χ0) is 13.1. The number of carbonyl (C=O) groups is 1. The summed E-state index contributed by atoms with van der Waals surface area (Å²) in [5.74, 6) is 0.519. The maximum Gasteiger partial charge on any atom is 0.267 e. The van der Waals surface area contributed by atoms with Gasteiger partial charge in [0.1, 0.15) is 11.8 Å². The summed E-state index contributed by atoms with van der Waals surface area (Å²) in [6, 6.07) is 3.73. The highest BCUT2D eigenvalue weighted by molar-refractivity contribution is 5.92. The maximum atomic E-state index is 11.9. The molecule has 0 spiro atoms. The molecule has 1 amide bonds. The van der Waals surface area contributed by atoms with Gasteiger partial charge < -0.3 is 9.84 Å². The Bertz CT molecular complexity index is 617. The van der Waals surface area contributed by atoms with Crippen LogP contribution in [-0.2, 0) is 4.79 Å². The van der Waals surface area contributed by atoms with Crippen LogP contribution in [0.3, 0.4) is 0 Å². The molecule has 2 heterocycles. The lowest BCUT2D eigenvalue weighted by molar-refractivity contribution is -0.119. The standard InChI is InChI=1S/C11H12N4O3/c1-7-6-9(14-18-7)13-11(17)8(2)15-10(16)4-3-5-12-15/h3-6,8H,1-2H3,(H,13,14,17). The summed E-state index contributed by atoms with van der Waals surface area (Å²) in [4.78, 5) is 23.4. The fourth-order valence-electron chi connectivity index (χ4n) is 1.43. The molecule has 2 rings (SSSR count). The summed E-state index contributed by atoms with van der Waals surface area (Å²) in [5.41, 5.74) is -0.337. The van der Waals surface area contributed by atoms with E-state index in [9.17, 15) is 9.59 Å². The molecule has 0 radical (unpaired) electrons. The number of anilines is 1. The van der Waals surface area contributed by atoms with Crippen LogP contribution in [0.5, 0.6) is 0 Å². The molecule has 0 aliphatic carbocycles. The lowest BCUT2D eigenvalue weighted by atomic mass is 10.3. The van der Waals surface area contributed by atoms with E-state index in [0.29, 0.717) is 11.6 Å². The van der Waals surface area contributed by atoms with Crippen LogP contribution in [0.2, 0.25) is 0 Å². The molecule has 0 aliphatic rings.